The van der Waals surface area contributed by atoms with Crippen molar-refractivity contribution < 1.29 is 23.4 Å². The fourth-order valence-corrected chi connectivity index (χ4v) is 4.31. The van der Waals surface area contributed by atoms with Gasteiger partial charge in [-0.25, -0.2) is 4.79 Å². The lowest BCUT2D eigenvalue weighted by Gasteiger charge is -2.38. The number of nitrogens with zero attached hydrogens (tertiary/aromatic N) is 2. The summed E-state index contributed by atoms with van der Waals surface area (Å²) >= 11 is 4.99. The summed E-state index contributed by atoms with van der Waals surface area (Å²) in [7, 11) is 1.29. The SMILES string of the molecule is CC[C@]12CCOC([C@H]1OP(O)(=S)OC)[C@@H](n1cc(C)c(N)nc1=O)O2. The molecule has 140 valence electrons. The van der Waals surface area contributed by atoms with Crippen molar-refractivity contribution in [2.75, 3.05) is 19.5 Å². The summed E-state index contributed by atoms with van der Waals surface area (Å²) in [6, 6.07) is 0. The van der Waals surface area contributed by atoms with Gasteiger partial charge in [-0.1, -0.05) is 6.92 Å². The summed E-state index contributed by atoms with van der Waals surface area (Å²) in [6.45, 7) is 0.722. The summed E-state index contributed by atoms with van der Waals surface area (Å²) in [4.78, 5) is 26.2. The molecule has 3 N–H and O–H groups in total. The Morgan fingerprint density at radius 3 is 3.00 bits per heavy atom. The van der Waals surface area contributed by atoms with Crippen LogP contribution in [0.25, 0.3) is 0 Å². The molecule has 1 aromatic rings. The highest BCUT2D eigenvalue weighted by Crippen LogP contribution is 2.54. The first kappa shape index (κ1) is 18.9. The molecule has 11 heteroatoms. The highest BCUT2D eigenvalue weighted by molar-refractivity contribution is 8.07. The van der Waals surface area contributed by atoms with Crippen molar-refractivity contribution in [3.63, 3.8) is 0 Å². The Labute approximate surface area is 150 Å². The quantitative estimate of drug-likeness (QED) is 0.704. The smallest absolute Gasteiger partial charge is 0.351 e. The Hall–Kier alpha value is -0.870. The van der Waals surface area contributed by atoms with E-state index in [0.29, 0.717) is 25.0 Å². The van der Waals surface area contributed by atoms with Crippen LogP contribution in [0.1, 0.15) is 31.6 Å². The van der Waals surface area contributed by atoms with E-state index < -0.39 is 36.4 Å². The number of ether oxygens (including phenoxy) is 2. The first-order valence-corrected chi connectivity index (χ1v) is 10.5. The minimum Gasteiger partial charge on any atom is -0.383 e. The second-order valence-electron chi connectivity index (χ2n) is 6.19. The van der Waals surface area contributed by atoms with Crippen molar-refractivity contribution in [3.05, 3.63) is 22.2 Å². The predicted molar refractivity (Wildman–Crippen MR) is 93.5 cm³/mol. The lowest BCUT2D eigenvalue weighted by atomic mass is 9.87. The van der Waals surface area contributed by atoms with Gasteiger partial charge in [0, 0.05) is 25.3 Å². The maximum absolute atomic E-state index is 12.3. The highest BCUT2D eigenvalue weighted by atomic mass is 32.5. The molecule has 3 heterocycles. The van der Waals surface area contributed by atoms with Crippen LogP contribution in [-0.4, -0.2) is 46.0 Å². The number of aromatic nitrogens is 2. The van der Waals surface area contributed by atoms with Gasteiger partial charge in [-0.2, -0.15) is 4.98 Å². The molecular formula is C14H22N3O6PS. The summed E-state index contributed by atoms with van der Waals surface area (Å²) in [5.41, 5.74) is 5.08. The fraction of sp³-hybridized carbons (Fsp3) is 0.714. The number of rotatable bonds is 5. The van der Waals surface area contributed by atoms with Crippen LogP contribution in [0.3, 0.4) is 0 Å². The number of fused-ring (bicyclic) bond motifs is 2. The fourth-order valence-electron chi connectivity index (χ4n) is 3.34. The number of aryl methyl sites for hydroxylation is 1. The molecular weight excluding hydrogens is 369 g/mol. The molecule has 0 saturated carbocycles. The monoisotopic (exact) mass is 391 g/mol. The van der Waals surface area contributed by atoms with Crippen molar-refractivity contribution >= 4 is 24.3 Å². The molecule has 2 unspecified atom stereocenters. The Bertz CT molecular complexity index is 773. The number of nitrogen functional groups attached to an aromatic ring is 1. The van der Waals surface area contributed by atoms with Crippen LogP contribution in [0.2, 0.25) is 0 Å². The molecule has 2 fully saturated rings. The second-order valence-corrected chi connectivity index (χ2v) is 9.09. The third-order valence-corrected chi connectivity index (χ3v) is 6.47. The molecule has 25 heavy (non-hydrogen) atoms. The van der Waals surface area contributed by atoms with E-state index >= 15 is 0 Å². The zero-order valence-electron chi connectivity index (χ0n) is 14.2. The van der Waals surface area contributed by atoms with E-state index in [-0.39, 0.29) is 5.82 Å². The number of nitrogens with two attached hydrogens (primary N) is 1. The topological polar surface area (TPSA) is 118 Å². The van der Waals surface area contributed by atoms with Gasteiger partial charge in [0.05, 0.1) is 6.61 Å². The van der Waals surface area contributed by atoms with E-state index in [1.54, 1.807) is 13.1 Å². The van der Waals surface area contributed by atoms with Crippen LogP contribution in [0.5, 0.6) is 0 Å². The zero-order valence-corrected chi connectivity index (χ0v) is 16.0. The Morgan fingerprint density at radius 1 is 1.64 bits per heavy atom. The molecule has 0 spiro atoms. The van der Waals surface area contributed by atoms with Crippen LogP contribution in [0.15, 0.2) is 11.0 Å². The molecule has 2 aliphatic heterocycles. The van der Waals surface area contributed by atoms with Crippen molar-refractivity contribution in [1.82, 2.24) is 9.55 Å². The van der Waals surface area contributed by atoms with Gasteiger partial charge in [0.1, 0.15) is 23.6 Å². The van der Waals surface area contributed by atoms with Gasteiger partial charge in [-0.3, -0.25) is 9.09 Å². The average Bonchev–Trinajstić information content (AvgIpc) is 2.73. The number of hydrogen-bond donors (Lipinski definition) is 2. The third kappa shape index (κ3) is 3.28. The molecule has 0 aliphatic carbocycles. The third-order valence-electron chi connectivity index (χ3n) is 4.81. The normalized spacial score (nSPS) is 34.0. The summed E-state index contributed by atoms with van der Waals surface area (Å²) < 4.78 is 24.0. The lowest BCUT2D eigenvalue weighted by Crippen LogP contribution is -2.49. The zero-order chi connectivity index (χ0) is 18.4. The first-order valence-electron chi connectivity index (χ1n) is 7.94. The van der Waals surface area contributed by atoms with Gasteiger partial charge < -0.3 is 24.6 Å². The van der Waals surface area contributed by atoms with E-state index in [4.69, 9.17) is 36.1 Å². The van der Waals surface area contributed by atoms with Gasteiger partial charge in [-0.05, 0) is 25.2 Å². The summed E-state index contributed by atoms with van der Waals surface area (Å²) in [5, 5.41) is 0. The maximum Gasteiger partial charge on any atom is 0.351 e. The summed E-state index contributed by atoms with van der Waals surface area (Å²) in [5.74, 6) is 0.173. The van der Waals surface area contributed by atoms with E-state index in [0.717, 1.165) is 0 Å². The molecule has 9 nitrogen and oxygen atoms in total. The lowest BCUT2D eigenvalue weighted by molar-refractivity contribution is -0.117. The second kappa shape index (κ2) is 6.70. The van der Waals surface area contributed by atoms with E-state index in [2.05, 4.69) is 4.98 Å². The van der Waals surface area contributed by atoms with E-state index in [1.165, 1.54) is 11.7 Å². The van der Waals surface area contributed by atoms with Gasteiger partial charge in [-0.15, -0.1) is 0 Å². The number of hydrogen-bond acceptors (Lipinski definition) is 8. The first-order chi connectivity index (χ1) is 11.7. The standard InChI is InChI=1S/C14H22N3O6PS/c1-4-14-5-6-21-9(10(14)23-24(19,25)20-3)12(22-14)17-7-8(2)11(15)16-13(17)18/h7,9-10,12H,4-6H2,1-3H3,(H,19,25)(H2,15,16,18)/t9?,10-,12+,14+,24?/m1/s1. The molecule has 2 bridgehead atoms. The predicted octanol–water partition coefficient (Wildman–Crippen LogP) is 0.849. The molecule has 2 saturated heterocycles. The van der Waals surface area contributed by atoms with Crippen LogP contribution in [0.4, 0.5) is 5.82 Å². The molecule has 0 amide bonds. The highest BCUT2D eigenvalue weighted by Gasteiger charge is 2.60. The van der Waals surface area contributed by atoms with E-state index in [1.807, 2.05) is 6.92 Å². The van der Waals surface area contributed by atoms with Crippen LogP contribution >= 0.6 is 6.72 Å². The van der Waals surface area contributed by atoms with Crippen LogP contribution in [0, 0.1) is 6.92 Å². The molecule has 1 aromatic heterocycles. The Morgan fingerprint density at radius 2 is 2.36 bits per heavy atom. The molecule has 0 aromatic carbocycles. The van der Waals surface area contributed by atoms with Crippen LogP contribution in [-0.2, 0) is 30.3 Å². The maximum atomic E-state index is 12.3. The largest absolute Gasteiger partial charge is 0.383 e. The van der Waals surface area contributed by atoms with Gasteiger partial charge in [0.15, 0.2) is 6.23 Å². The Balaban J connectivity index is 2.02. The molecule has 3 rings (SSSR count). The van der Waals surface area contributed by atoms with Crippen molar-refractivity contribution in [3.8, 4) is 0 Å². The minimum atomic E-state index is -3.43. The van der Waals surface area contributed by atoms with Gasteiger partial charge >= 0.3 is 12.4 Å². The van der Waals surface area contributed by atoms with Crippen LogP contribution < -0.4 is 11.4 Å². The molecule has 5 atom stereocenters. The van der Waals surface area contributed by atoms with Crippen molar-refractivity contribution in [2.45, 2.75) is 50.7 Å². The number of anilines is 1. The minimum absolute atomic E-state index is 0.173. The van der Waals surface area contributed by atoms with Gasteiger partial charge in [0.2, 0.25) is 0 Å². The van der Waals surface area contributed by atoms with Crippen molar-refractivity contribution in [2.24, 2.45) is 0 Å². The van der Waals surface area contributed by atoms with Crippen molar-refractivity contribution in [1.29, 1.82) is 0 Å². The van der Waals surface area contributed by atoms with Gasteiger partial charge in [0.25, 0.3) is 0 Å². The summed E-state index contributed by atoms with van der Waals surface area (Å²) in [6.07, 6.45) is 0.710. The Kier molecular flexibility index (Phi) is 5.06. The molecule has 0 radical (unpaired) electrons. The van der Waals surface area contributed by atoms with E-state index in [9.17, 15) is 9.69 Å². The average molecular weight is 391 g/mol. The molecule has 2 aliphatic rings.